The summed E-state index contributed by atoms with van der Waals surface area (Å²) < 4.78 is 1.78. The molecule has 0 fully saturated rings. The van der Waals surface area contributed by atoms with Gasteiger partial charge in [-0.05, 0) is 38.3 Å². The number of carbonyl (C=O) groups excluding carboxylic acids is 1. The number of nitrogens with one attached hydrogen (secondary N) is 1. The highest BCUT2D eigenvalue weighted by Gasteiger charge is 2.12. The highest BCUT2D eigenvalue weighted by Crippen LogP contribution is 2.17. The summed E-state index contributed by atoms with van der Waals surface area (Å²) in [6, 6.07) is 18.5. The molecule has 24 heavy (non-hydrogen) atoms. The van der Waals surface area contributed by atoms with Crippen LogP contribution in [0.2, 0.25) is 0 Å². The van der Waals surface area contributed by atoms with Gasteiger partial charge < -0.3 is 5.32 Å². The topological polar surface area (TPSA) is 46.9 Å². The molecule has 0 spiro atoms. The number of benzene rings is 2. The Hall–Kier alpha value is -2.62. The first-order valence-electron chi connectivity index (χ1n) is 8.39. The summed E-state index contributed by atoms with van der Waals surface area (Å²) in [6.45, 7) is 4.27. The van der Waals surface area contributed by atoms with Crippen LogP contribution < -0.4 is 5.32 Å². The Balaban J connectivity index is 1.56. The molecular formula is C20H23N3O. The summed E-state index contributed by atoms with van der Waals surface area (Å²) in [6.07, 6.45) is 1.89. The van der Waals surface area contributed by atoms with E-state index in [1.807, 2.05) is 56.3 Å². The third-order valence-electron chi connectivity index (χ3n) is 4.25. The molecule has 3 rings (SSSR count). The summed E-state index contributed by atoms with van der Waals surface area (Å²) in [7, 11) is 0. The van der Waals surface area contributed by atoms with Gasteiger partial charge in [0.25, 0.3) is 0 Å². The van der Waals surface area contributed by atoms with E-state index in [0.29, 0.717) is 0 Å². The predicted octanol–water partition coefficient (Wildman–Crippen LogP) is 3.48. The van der Waals surface area contributed by atoms with E-state index in [1.54, 1.807) is 4.68 Å². The Morgan fingerprint density at radius 3 is 2.62 bits per heavy atom. The Kier molecular flexibility index (Phi) is 4.94. The zero-order chi connectivity index (χ0) is 16.9. The fourth-order valence-electron chi connectivity index (χ4n) is 2.97. The van der Waals surface area contributed by atoms with E-state index in [-0.39, 0.29) is 18.5 Å². The van der Waals surface area contributed by atoms with Gasteiger partial charge in [-0.25, -0.2) is 0 Å². The van der Waals surface area contributed by atoms with Gasteiger partial charge in [-0.2, -0.15) is 5.10 Å². The molecule has 3 aromatic rings. The van der Waals surface area contributed by atoms with Crippen molar-refractivity contribution in [1.82, 2.24) is 15.1 Å². The van der Waals surface area contributed by atoms with Crippen molar-refractivity contribution in [3.8, 4) is 0 Å². The number of amides is 1. The van der Waals surface area contributed by atoms with Crippen LogP contribution in [0.5, 0.6) is 0 Å². The molecule has 1 amide bonds. The fourth-order valence-corrected chi connectivity index (χ4v) is 2.97. The van der Waals surface area contributed by atoms with Gasteiger partial charge in [-0.3, -0.25) is 9.48 Å². The maximum Gasteiger partial charge on any atom is 0.241 e. The van der Waals surface area contributed by atoms with Crippen LogP contribution in [0.1, 0.15) is 24.6 Å². The van der Waals surface area contributed by atoms with E-state index in [1.165, 1.54) is 5.56 Å². The van der Waals surface area contributed by atoms with Gasteiger partial charge in [-0.15, -0.1) is 0 Å². The molecule has 4 heteroatoms. The van der Waals surface area contributed by atoms with Crippen molar-refractivity contribution in [2.45, 2.75) is 39.3 Å². The maximum absolute atomic E-state index is 12.3. The van der Waals surface area contributed by atoms with Crippen LogP contribution in [0.25, 0.3) is 10.9 Å². The summed E-state index contributed by atoms with van der Waals surface area (Å²) in [5.41, 5.74) is 3.25. The van der Waals surface area contributed by atoms with Crippen LogP contribution in [0.4, 0.5) is 0 Å². The molecule has 1 heterocycles. The average Bonchev–Trinajstić information content (AvgIpc) is 2.90. The molecule has 0 aliphatic heterocycles. The number of nitrogens with zero attached hydrogens (tertiary/aromatic N) is 2. The van der Waals surface area contributed by atoms with Crippen LogP contribution in [0, 0.1) is 6.92 Å². The van der Waals surface area contributed by atoms with Gasteiger partial charge in [0.2, 0.25) is 5.91 Å². The first kappa shape index (κ1) is 16.2. The minimum Gasteiger partial charge on any atom is -0.352 e. The van der Waals surface area contributed by atoms with Crippen molar-refractivity contribution in [1.29, 1.82) is 0 Å². The standard InChI is InChI=1S/C20H23N3O/c1-15(12-13-17-8-4-3-5-9-17)21-20(24)14-23-19-11-7-6-10-18(19)16(2)22-23/h3-11,15H,12-14H2,1-2H3,(H,21,24). The number of aromatic nitrogens is 2. The zero-order valence-corrected chi connectivity index (χ0v) is 14.2. The van der Waals surface area contributed by atoms with E-state index in [4.69, 9.17) is 0 Å². The second-order valence-electron chi connectivity index (χ2n) is 6.25. The molecule has 0 radical (unpaired) electrons. The SMILES string of the molecule is Cc1nn(CC(=O)NC(C)CCc2ccccc2)c2ccccc12. The van der Waals surface area contributed by atoms with Crippen molar-refractivity contribution >= 4 is 16.8 Å². The van der Waals surface area contributed by atoms with E-state index in [2.05, 4.69) is 22.5 Å². The lowest BCUT2D eigenvalue weighted by molar-refractivity contribution is -0.122. The molecule has 1 aromatic heterocycles. The van der Waals surface area contributed by atoms with Crippen LogP contribution >= 0.6 is 0 Å². The Labute approximate surface area is 142 Å². The lowest BCUT2D eigenvalue weighted by Crippen LogP contribution is -2.35. The van der Waals surface area contributed by atoms with Gasteiger partial charge in [-0.1, -0.05) is 48.5 Å². The van der Waals surface area contributed by atoms with E-state index < -0.39 is 0 Å². The number of hydrogen-bond acceptors (Lipinski definition) is 2. The van der Waals surface area contributed by atoms with Crippen molar-refractivity contribution < 1.29 is 4.79 Å². The Morgan fingerprint density at radius 2 is 1.83 bits per heavy atom. The van der Waals surface area contributed by atoms with Crippen LogP contribution in [0.15, 0.2) is 54.6 Å². The third kappa shape index (κ3) is 3.82. The van der Waals surface area contributed by atoms with Crippen LogP contribution in [-0.4, -0.2) is 21.7 Å². The summed E-state index contributed by atoms with van der Waals surface area (Å²) in [4.78, 5) is 12.3. The average molecular weight is 321 g/mol. The van der Waals surface area contributed by atoms with Gasteiger partial charge in [0, 0.05) is 11.4 Å². The molecule has 0 saturated carbocycles. The normalized spacial score (nSPS) is 12.2. The van der Waals surface area contributed by atoms with Crippen LogP contribution in [0.3, 0.4) is 0 Å². The molecule has 124 valence electrons. The Bertz CT molecular complexity index is 823. The summed E-state index contributed by atoms with van der Waals surface area (Å²) in [5, 5.41) is 8.66. The van der Waals surface area contributed by atoms with Crippen molar-refractivity contribution in [2.75, 3.05) is 0 Å². The molecule has 1 N–H and O–H groups in total. The van der Waals surface area contributed by atoms with Crippen LogP contribution in [-0.2, 0) is 17.8 Å². The number of aryl methyl sites for hydroxylation is 2. The van der Waals surface area contributed by atoms with E-state index in [9.17, 15) is 4.79 Å². The monoisotopic (exact) mass is 321 g/mol. The fraction of sp³-hybridized carbons (Fsp3) is 0.300. The number of carbonyl (C=O) groups is 1. The second kappa shape index (κ2) is 7.30. The molecular weight excluding hydrogens is 298 g/mol. The van der Waals surface area contributed by atoms with Crippen molar-refractivity contribution in [3.63, 3.8) is 0 Å². The lowest BCUT2D eigenvalue weighted by atomic mass is 10.1. The van der Waals surface area contributed by atoms with Gasteiger partial charge in [0.1, 0.15) is 6.54 Å². The highest BCUT2D eigenvalue weighted by atomic mass is 16.2. The van der Waals surface area contributed by atoms with E-state index in [0.717, 1.165) is 29.4 Å². The maximum atomic E-state index is 12.3. The van der Waals surface area contributed by atoms with E-state index >= 15 is 0 Å². The molecule has 2 aromatic carbocycles. The quantitative estimate of drug-likeness (QED) is 0.755. The molecule has 1 atom stereocenters. The molecule has 0 aliphatic carbocycles. The van der Waals surface area contributed by atoms with Gasteiger partial charge in [0.15, 0.2) is 0 Å². The number of fused-ring (bicyclic) bond motifs is 1. The first-order chi connectivity index (χ1) is 11.6. The van der Waals surface area contributed by atoms with Gasteiger partial charge in [0.05, 0.1) is 11.2 Å². The molecule has 0 bridgehead atoms. The largest absolute Gasteiger partial charge is 0.352 e. The molecule has 4 nitrogen and oxygen atoms in total. The number of rotatable bonds is 6. The lowest BCUT2D eigenvalue weighted by Gasteiger charge is -2.14. The minimum absolute atomic E-state index is 0.00353. The second-order valence-corrected chi connectivity index (χ2v) is 6.25. The predicted molar refractivity (Wildman–Crippen MR) is 96.8 cm³/mol. The summed E-state index contributed by atoms with van der Waals surface area (Å²) in [5.74, 6) is 0.00353. The first-order valence-corrected chi connectivity index (χ1v) is 8.39. The van der Waals surface area contributed by atoms with Crippen molar-refractivity contribution in [3.05, 3.63) is 65.9 Å². The number of hydrogen-bond donors (Lipinski definition) is 1. The smallest absolute Gasteiger partial charge is 0.241 e. The summed E-state index contributed by atoms with van der Waals surface area (Å²) >= 11 is 0. The van der Waals surface area contributed by atoms with Gasteiger partial charge >= 0.3 is 0 Å². The highest BCUT2D eigenvalue weighted by molar-refractivity contribution is 5.84. The molecule has 1 unspecified atom stereocenters. The zero-order valence-electron chi connectivity index (χ0n) is 14.2. The number of para-hydroxylation sites is 1. The Morgan fingerprint density at radius 1 is 1.12 bits per heavy atom. The van der Waals surface area contributed by atoms with Crippen molar-refractivity contribution in [2.24, 2.45) is 0 Å². The third-order valence-corrected chi connectivity index (χ3v) is 4.25. The minimum atomic E-state index is 0.00353. The molecule has 0 saturated heterocycles. The molecule has 0 aliphatic rings.